The van der Waals surface area contributed by atoms with E-state index in [0.717, 1.165) is 12.1 Å². The molecule has 0 atom stereocenters. The van der Waals surface area contributed by atoms with Crippen LogP contribution in [0.5, 0.6) is 0 Å². The molecule has 0 heterocycles. The first kappa shape index (κ1) is 13.8. The summed E-state index contributed by atoms with van der Waals surface area (Å²) >= 11 is 0. The van der Waals surface area contributed by atoms with Gasteiger partial charge in [0.2, 0.25) is 0 Å². The van der Waals surface area contributed by atoms with Gasteiger partial charge in [0, 0.05) is 13.1 Å². The maximum atomic E-state index is 13.0. The zero-order valence-corrected chi connectivity index (χ0v) is 11.5. The first-order chi connectivity index (χ1) is 9.15. The Kier molecular flexibility index (Phi) is 4.69. The van der Waals surface area contributed by atoms with E-state index in [4.69, 9.17) is 0 Å². The van der Waals surface area contributed by atoms with Gasteiger partial charge in [0.15, 0.2) is 0 Å². The predicted octanol–water partition coefficient (Wildman–Crippen LogP) is 4.24. The van der Waals surface area contributed by atoms with Gasteiger partial charge in [-0.25, -0.2) is 4.39 Å². The molecule has 2 aromatic carbocycles. The zero-order chi connectivity index (χ0) is 13.7. The third-order valence-electron chi connectivity index (χ3n) is 3.19. The van der Waals surface area contributed by atoms with E-state index in [1.165, 1.54) is 17.2 Å². The van der Waals surface area contributed by atoms with Crippen LogP contribution in [0.15, 0.2) is 48.5 Å². The smallest absolute Gasteiger partial charge is 0.123 e. The highest BCUT2D eigenvalue weighted by molar-refractivity contribution is 5.24. The van der Waals surface area contributed by atoms with Crippen LogP contribution in [-0.2, 0) is 13.1 Å². The Balaban J connectivity index is 1.85. The van der Waals surface area contributed by atoms with Gasteiger partial charge in [0.05, 0.1) is 0 Å². The largest absolute Gasteiger partial charge is 0.309 e. The second kappa shape index (κ2) is 6.48. The topological polar surface area (TPSA) is 12.0 Å². The van der Waals surface area contributed by atoms with Gasteiger partial charge in [-0.05, 0) is 34.7 Å². The molecule has 0 aliphatic rings. The molecule has 0 unspecified atom stereocenters. The van der Waals surface area contributed by atoms with Gasteiger partial charge >= 0.3 is 0 Å². The van der Waals surface area contributed by atoms with Crippen molar-refractivity contribution in [2.75, 3.05) is 0 Å². The molecule has 2 aromatic rings. The molecule has 2 heteroatoms. The average Bonchev–Trinajstić information content (AvgIpc) is 2.39. The highest BCUT2D eigenvalue weighted by atomic mass is 19.1. The summed E-state index contributed by atoms with van der Waals surface area (Å²) in [5.74, 6) is 0.384. The molecule has 1 nitrogen and oxygen atoms in total. The molecule has 0 saturated carbocycles. The van der Waals surface area contributed by atoms with Crippen molar-refractivity contribution in [3.8, 4) is 0 Å². The molecule has 1 N–H and O–H groups in total. The van der Waals surface area contributed by atoms with Crippen molar-refractivity contribution in [1.29, 1.82) is 0 Å². The number of halogens is 1. The fourth-order valence-electron chi connectivity index (χ4n) is 2.02. The Morgan fingerprint density at radius 1 is 0.947 bits per heavy atom. The van der Waals surface area contributed by atoms with Crippen molar-refractivity contribution in [2.24, 2.45) is 0 Å². The van der Waals surface area contributed by atoms with Gasteiger partial charge in [-0.15, -0.1) is 0 Å². The summed E-state index contributed by atoms with van der Waals surface area (Å²) in [6.45, 7) is 5.87. The van der Waals surface area contributed by atoms with E-state index in [-0.39, 0.29) is 5.82 Å². The monoisotopic (exact) mass is 257 g/mol. The molecule has 0 radical (unpaired) electrons. The van der Waals surface area contributed by atoms with Gasteiger partial charge in [-0.1, -0.05) is 50.2 Å². The maximum absolute atomic E-state index is 13.0. The lowest BCUT2D eigenvalue weighted by Crippen LogP contribution is -2.12. The number of hydrogen-bond acceptors (Lipinski definition) is 1. The minimum Gasteiger partial charge on any atom is -0.309 e. The second-order valence-corrected chi connectivity index (χ2v) is 5.13. The minimum atomic E-state index is -0.180. The van der Waals surface area contributed by atoms with Crippen molar-refractivity contribution >= 4 is 0 Å². The predicted molar refractivity (Wildman–Crippen MR) is 77.5 cm³/mol. The third kappa shape index (κ3) is 4.18. The molecule has 0 bridgehead atoms. The molecular weight excluding hydrogens is 237 g/mol. The van der Waals surface area contributed by atoms with Crippen LogP contribution < -0.4 is 5.32 Å². The quantitative estimate of drug-likeness (QED) is 0.844. The third-order valence-corrected chi connectivity index (χ3v) is 3.19. The van der Waals surface area contributed by atoms with E-state index in [2.05, 4.69) is 43.4 Å². The first-order valence-corrected chi connectivity index (χ1v) is 6.69. The fourth-order valence-corrected chi connectivity index (χ4v) is 2.02. The molecule has 0 aliphatic heterocycles. The van der Waals surface area contributed by atoms with Crippen LogP contribution in [-0.4, -0.2) is 0 Å². The summed E-state index contributed by atoms with van der Waals surface area (Å²) in [7, 11) is 0. The highest BCUT2D eigenvalue weighted by Gasteiger charge is 1.99. The van der Waals surface area contributed by atoms with Crippen LogP contribution in [0.1, 0.15) is 36.5 Å². The summed E-state index contributed by atoms with van der Waals surface area (Å²) in [4.78, 5) is 0. The average molecular weight is 257 g/mol. The van der Waals surface area contributed by atoms with Crippen LogP contribution >= 0.6 is 0 Å². The highest BCUT2D eigenvalue weighted by Crippen LogP contribution is 2.14. The van der Waals surface area contributed by atoms with Crippen LogP contribution in [0.4, 0.5) is 4.39 Å². The Bertz CT molecular complexity index is 517. The number of hydrogen-bond donors (Lipinski definition) is 1. The Morgan fingerprint density at radius 2 is 1.63 bits per heavy atom. The summed E-state index contributed by atoms with van der Waals surface area (Å²) in [5.41, 5.74) is 3.58. The van der Waals surface area contributed by atoms with Gasteiger partial charge in [0.1, 0.15) is 5.82 Å². The van der Waals surface area contributed by atoms with Gasteiger partial charge < -0.3 is 5.32 Å². The second-order valence-electron chi connectivity index (χ2n) is 5.13. The summed E-state index contributed by atoms with van der Waals surface area (Å²) in [6.07, 6.45) is 0. The molecular formula is C17H20FN. The molecule has 0 fully saturated rings. The number of rotatable bonds is 5. The van der Waals surface area contributed by atoms with Gasteiger partial charge in [0.25, 0.3) is 0 Å². The van der Waals surface area contributed by atoms with Gasteiger partial charge in [-0.3, -0.25) is 0 Å². The molecule has 0 aromatic heterocycles. The Hall–Kier alpha value is -1.67. The first-order valence-electron chi connectivity index (χ1n) is 6.69. The van der Waals surface area contributed by atoms with E-state index < -0.39 is 0 Å². The lowest BCUT2D eigenvalue weighted by Gasteiger charge is -2.08. The molecule has 19 heavy (non-hydrogen) atoms. The molecule has 2 rings (SSSR count). The van der Waals surface area contributed by atoms with E-state index in [1.54, 1.807) is 12.1 Å². The molecule has 0 aliphatic carbocycles. The molecule has 100 valence electrons. The van der Waals surface area contributed by atoms with Crippen molar-refractivity contribution in [3.05, 3.63) is 71.0 Å². The summed E-state index contributed by atoms with van der Waals surface area (Å²) < 4.78 is 13.0. The zero-order valence-electron chi connectivity index (χ0n) is 11.5. The van der Waals surface area contributed by atoms with E-state index >= 15 is 0 Å². The van der Waals surface area contributed by atoms with Crippen molar-refractivity contribution in [3.63, 3.8) is 0 Å². The maximum Gasteiger partial charge on any atom is 0.123 e. The van der Waals surface area contributed by atoms with Gasteiger partial charge in [-0.2, -0.15) is 0 Å². The number of nitrogens with one attached hydrogen (secondary N) is 1. The summed E-state index contributed by atoms with van der Waals surface area (Å²) in [6, 6.07) is 15.3. The van der Waals surface area contributed by atoms with Crippen LogP contribution in [0, 0.1) is 5.82 Å². The van der Waals surface area contributed by atoms with Crippen LogP contribution in [0.25, 0.3) is 0 Å². The molecule has 0 saturated heterocycles. The van der Waals surface area contributed by atoms with E-state index in [1.807, 2.05) is 6.07 Å². The summed E-state index contributed by atoms with van der Waals surface area (Å²) in [5, 5.41) is 3.33. The lowest BCUT2D eigenvalue weighted by molar-refractivity contribution is 0.620. The lowest BCUT2D eigenvalue weighted by atomic mass is 10.0. The SMILES string of the molecule is CC(C)c1ccc(CNCc2cccc(F)c2)cc1. The van der Waals surface area contributed by atoms with Crippen LogP contribution in [0.2, 0.25) is 0 Å². The van der Waals surface area contributed by atoms with Crippen molar-refractivity contribution in [1.82, 2.24) is 5.32 Å². The standard InChI is InChI=1S/C17H20FN/c1-13(2)16-8-6-14(7-9-16)11-19-12-15-4-3-5-17(18)10-15/h3-10,13,19H,11-12H2,1-2H3. The van der Waals surface area contributed by atoms with E-state index in [0.29, 0.717) is 12.5 Å². The van der Waals surface area contributed by atoms with Crippen molar-refractivity contribution in [2.45, 2.75) is 32.9 Å². The Labute approximate surface area is 114 Å². The molecule has 0 amide bonds. The fraction of sp³-hybridized carbons (Fsp3) is 0.294. The normalized spacial score (nSPS) is 10.9. The van der Waals surface area contributed by atoms with E-state index in [9.17, 15) is 4.39 Å². The Morgan fingerprint density at radius 3 is 2.26 bits per heavy atom. The molecule has 0 spiro atoms. The van der Waals surface area contributed by atoms with Crippen molar-refractivity contribution < 1.29 is 4.39 Å². The van der Waals surface area contributed by atoms with Crippen LogP contribution in [0.3, 0.4) is 0 Å². The minimum absolute atomic E-state index is 0.180. The number of benzene rings is 2.